The number of hydrogen-bond donors (Lipinski definition) is 3. The van der Waals surface area contributed by atoms with Crippen LogP contribution in [0.3, 0.4) is 0 Å². The highest BCUT2D eigenvalue weighted by molar-refractivity contribution is 6.76. The summed E-state index contributed by atoms with van der Waals surface area (Å²) >= 11 is 0. The molecule has 0 aliphatic carbocycles. The minimum absolute atomic E-state index is 0.249. The lowest BCUT2D eigenvalue weighted by Crippen LogP contribution is -2.60. The molecule has 142 valence electrons. The van der Waals surface area contributed by atoms with E-state index in [1.807, 2.05) is 30.3 Å². The van der Waals surface area contributed by atoms with Crippen LogP contribution in [0.1, 0.15) is 5.56 Å². The van der Waals surface area contributed by atoms with E-state index in [9.17, 15) is 15.3 Å². The third-order valence-electron chi connectivity index (χ3n) is 4.24. The van der Waals surface area contributed by atoms with Crippen molar-refractivity contribution in [3.05, 3.63) is 35.9 Å². The van der Waals surface area contributed by atoms with Crippen LogP contribution in [-0.2, 0) is 20.8 Å². The van der Waals surface area contributed by atoms with E-state index in [-0.39, 0.29) is 13.2 Å². The highest BCUT2D eigenvalue weighted by Gasteiger charge is 2.45. The molecule has 25 heavy (non-hydrogen) atoms. The Morgan fingerprint density at radius 3 is 2.32 bits per heavy atom. The highest BCUT2D eigenvalue weighted by Crippen LogP contribution is 2.25. The SMILES string of the molecule is C[Si](C)(C)CCO[C@@H]1O[C@H](CO)[C@H](O)[C@H](OCc2ccccc2)[C@H]1O. The quantitative estimate of drug-likeness (QED) is 0.599. The van der Waals surface area contributed by atoms with Gasteiger partial charge in [-0.25, -0.2) is 0 Å². The molecule has 2 rings (SSSR count). The molecule has 0 amide bonds. The van der Waals surface area contributed by atoms with Crippen molar-refractivity contribution in [2.45, 2.75) is 63.0 Å². The normalized spacial score (nSPS) is 30.4. The van der Waals surface area contributed by atoms with E-state index in [2.05, 4.69) is 19.6 Å². The van der Waals surface area contributed by atoms with Crippen molar-refractivity contribution in [1.82, 2.24) is 0 Å². The minimum Gasteiger partial charge on any atom is -0.394 e. The first kappa shape index (κ1) is 20.5. The van der Waals surface area contributed by atoms with Crippen molar-refractivity contribution in [3.8, 4) is 0 Å². The summed E-state index contributed by atoms with van der Waals surface area (Å²) in [6.45, 7) is 7.06. The molecule has 1 aromatic rings. The van der Waals surface area contributed by atoms with Gasteiger partial charge in [-0.15, -0.1) is 0 Å². The van der Waals surface area contributed by atoms with Crippen molar-refractivity contribution in [3.63, 3.8) is 0 Å². The molecule has 0 bridgehead atoms. The molecule has 6 nitrogen and oxygen atoms in total. The number of ether oxygens (including phenoxy) is 3. The summed E-state index contributed by atoms with van der Waals surface area (Å²) in [5.41, 5.74) is 0.935. The second kappa shape index (κ2) is 9.23. The summed E-state index contributed by atoms with van der Waals surface area (Å²) in [5, 5.41) is 30.3. The summed E-state index contributed by atoms with van der Waals surface area (Å²) < 4.78 is 17.0. The minimum atomic E-state index is -1.27. The van der Waals surface area contributed by atoms with E-state index < -0.39 is 38.8 Å². The van der Waals surface area contributed by atoms with Gasteiger partial charge in [0.1, 0.15) is 24.4 Å². The third-order valence-corrected chi connectivity index (χ3v) is 5.95. The van der Waals surface area contributed by atoms with Gasteiger partial charge < -0.3 is 29.5 Å². The molecule has 1 aliphatic rings. The van der Waals surface area contributed by atoms with Gasteiger partial charge >= 0.3 is 0 Å². The van der Waals surface area contributed by atoms with Gasteiger partial charge in [-0.05, 0) is 11.6 Å². The highest BCUT2D eigenvalue weighted by atomic mass is 28.3. The van der Waals surface area contributed by atoms with E-state index >= 15 is 0 Å². The van der Waals surface area contributed by atoms with E-state index in [4.69, 9.17) is 14.2 Å². The molecule has 3 N–H and O–H groups in total. The lowest BCUT2D eigenvalue weighted by Gasteiger charge is -2.41. The molecular weight excluding hydrogens is 340 g/mol. The zero-order valence-corrected chi connectivity index (χ0v) is 16.2. The fraction of sp³-hybridized carbons (Fsp3) is 0.667. The first-order valence-corrected chi connectivity index (χ1v) is 12.4. The molecule has 1 heterocycles. The fourth-order valence-electron chi connectivity index (χ4n) is 2.64. The average Bonchev–Trinajstić information content (AvgIpc) is 2.56. The molecule has 0 radical (unpaired) electrons. The molecule has 0 spiro atoms. The smallest absolute Gasteiger partial charge is 0.186 e. The van der Waals surface area contributed by atoms with Gasteiger partial charge in [-0.3, -0.25) is 0 Å². The van der Waals surface area contributed by atoms with E-state index in [0.717, 1.165) is 11.6 Å². The first-order chi connectivity index (χ1) is 11.8. The van der Waals surface area contributed by atoms with Gasteiger partial charge in [0.2, 0.25) is 0 Å². The van der Waals surface area contributed by atoms with Crippen molar-refractivity contribution in [1.29, 1.82) is 0 Å². The van der Waals surface area contributed by atoms with Crippen molar-refractivity contribution in [2.75, 3.05) is 13.2 Å². The lowest BCUT2D eigenvalue weighted by molar-refractivity contribution is -0.308. The van der Waals surface area contributed by atoms with E-state index in [0.29, 0.717) is 6.61 Å². The third kappa shape index (κ3) is 6.14. The summed E-state index contributed by atoms with van der Waals surface area (Å²) in [5.74, 6) is 0. The van der Waals surface area contributed by atoms with Crippen LogP contribution >= 0.6 is 0 Å². The molecule has 5 atom stereocenters. The fourth-order valence-corrected chi connectivity index (χ4v) is 3.37. The van der Waals surface area contributed by atoms with Gasteiger partial charge in [0.25, 0.3) is 0 Å². The number of aliphatic hydroxyl groups is 3. The van der Waals surface area contributed by atoms with Gasteiger partial charge in [0.15, 0.2) is 6.29 Å². The predicted octanol–water partition coefficient (Wildman–Crippen LogP) is 1.37. The number of aliphatic hydroxyl groups excluding tert-OH is 3. The number of rotatable bonds is 8. The average molecular weight is 371 g/mol. The van der Waals surface area contributed by atoms with Crippen LogP contribution in [0, 0.1) is 0 Å². The van der Waals surface area contributed by atoms with E-state index in [1.54, 1.807) is 0 Å². The standard InChI is InChI=1S/C18H30O6Si/c1-25(2,3)10-9-22-18-16(21)17(15(20)14(11-19)24-18)23-12-13-7-5-4-6-8-13/h4-8,14-21H,9-12H2,1-3H3/t14-,15+,16-,17+,18-/m1/s1. The Balaban J connectivity index is 1.97. The first-order valence-electron chi connectivity index (χ1n) is 8.71. The zero-order chi connectivity index (χ0) is 18.4. The second-order valence-electron chi connectivity index (χ2n) is 7.65. The predicted molar refractivity (Wildman–Crippen MR) is 96.9 cm³/mol. The van der Waals surface area contributed by atoms with Crippen LogP contribution in [0.5, 0.6) is 0 Å². The lowest BCUT2D eigenvalue weighted by atomic mass is 9.99. The van der Waals surface area contributed by atoms with Crippen LogP contribution in [0.2, 0.25) is 25.7 Å². The molecule has 1 saturated heterocycles. The number of hydrogen-bond acceptors (Lipinski definition) is 6. The van der Waals surface area contributed by atoms with Crippen LogP contribution in [0.15, 0.2) is 30.3 Å². The molecule has 1 fully saturated rings. The van der Waals surface area contributed by atoms with Crippen LogP contribution in [0.4, 0.5) is 0 Å². The molecule has 0 saturated carbocycles. The number of benzene rings is 1. The molecule has 0 unspecified atom stereocenters. The van der Waals surface area contributed by atoms with Crippen LogP contribution in [0.25, 0.3) is 0 Å². The van der Waals surface area contributed by atoms with E-state index in [1.165, 1.54) is 0 Å². The van der Waals surface area contributed by atoms with Gasteiger partial charge in [-0.1, -0.05) is 50.0 Å². The van der Waals surface area contributed by atoms with Crippen molar-refractivity contribution >= 4 is 8.07 Å². The Bertz CT molecular complexity index is 506. The summed E-state index contributed by atoms with van der Waals surface area (Å²) in [6.07, 6.45) is -4.90. The zero-order valence-electron chi connectivity index (χ0n) is 15.2. The monoisotopic (exact) mass is 370 g/mol. The molecular formula is C18H30O6Si. The molecule has 0 aromatic heterocycles. The second-order valence-corrected chi connectivity index (χ2v) is 13.3. The Morgan fingerprint density at radius 2 is 1.72 bits per heavy atom. The summed E-state index contributed by atoms with van der Waals surface area (Å²) in [7, 11) is -1.27. The Kier molecular flexibility index (Phi) is 7.57. The maximum atomic E-state index is 10.5. The Hall–Kier alpha value is -0.803. The largest absolute Gasteiger partial charge is 0.394 e. The van der Waals surface area contributed by atoms with Crippen LogP contribution in [-0.4, -0.2) is 67.3 Å². The maximum absolute atomic E-state index is 10.5. The van der Waals surface area contributed by atoms with Gasteiger partial charge in [0.05, 0.1) is 13.2 Å². The molecule has 1 aliphatic heterocycles. The Morgan fingerprint density at radius 1 is 1.04 bits per heavy atom. The van der Waals surface area contributed by atoms with Crippen molar-refractivity contribution in [2.24, 2.45) is 0 Å². The van der Waals surface area contributed by atoms with Crippen molar-refractivity contribution < 1.29 is 29.5 Å². The molecule has 7 heteroatoms. The summed E-state index contributed by atoms with van der Waals surface area (Å²) in [4.78, 5) is 0. The van der Waals surface area contributed by atoms with Crippen LogP contribution < -0.4 is 0 Å². The Labute approximate surface area is 150 Å². The maximum Gasteiger partial charge on any atom is 0.186 e. The summed E-state index contributed by atoms with van der Waals surface area (Å²) in [6, 6.07) is 10.4. The topological polar surface area (TPSA) is 88.4 Å². The van der Waals surface area contributed by atoms with Gasteiger partial charge in [-0.2, -0.15) is 0 Å². The molecule has 1 aromatic carbocycles. The van der Waals surface area contributed by atoms with Gasteiger partial charge in [0, 0.05) is 14.7 Å².